The van der Waals surface area contributed by atoms with Crippen molar-refractivity contribution in [3.05, 3.63) is 95.8 Å². The van der Waals surface area contributed by atoms with Crippen LogP contribution in [0.4, 0.5) is 13.6 Å². The van der Waals surface area contributed by atoms with Crippen LogP contribution in [-0.2, 0) is 35.3 Å². The van der Waals surface area contributed by atoms with Crippen LogP contribution in [0.25, 0.3) is 11.1 Å². The largest absolute Gasteiger partial charge is 0.480 e. The summed E-state index contributed by atoms with van der Waals surface area (Å²) in [6.07, 6.45) is 3.50. The number of rotatable bonds is 20. The number of ether oxygens (including phenoxy) is 1. The number of aromatic nitrogens is 1. The maximum absolute atomic E-state index is 15.2. The van der Waals surface area contributed by atoms with Gasteiger partial charge in [-0.05, 0) is 47.7 Å². The van der Waals surface area contributed by atoms with Crippen LogP contribution in [0.3, 0.4) is 0 Å². The normalized spacial score (nSPS) is 13.9. The summed E-state index contributed by atoms with van der Waals surface area (Å²) in [5.41, 5.74) is 1.34. The van der Waals surface area contributed by atoms with E-state index in [4.69, 9.17) is 4.74 Å². The number of thioether (sulfide) groups is 1. The molecule has 3 N–H and O–H groups in total. The molecule has 318 valence electrons. The van der Waals surface area contributed by atoms with Crippen molar-refractivity contribution in [2.45, 2.75) is 71.5 Å². The Morgan fingerprint density at radius 3 is 2.29 bits per heavy atom. The highest BCUT2D eigenvalue weighted by Crippen LogP contribution is 2.41. The highest BCUT2D eigenvalue weighted by Gasteiger charge is 2.37. The Balaban J connectivity index is 1.62. The lowest BCUT2D eigenvalue weighted by atomic mass is 9.83. The summed E-state index contributed by atoms with van der Waals surface area (Å²) in [4.78, 5) is 77.9. The Morgan fingerprint density at radius 2 is 1.66 bits per heavy atom. The zero-order chi connectivity index (χ0) is 43.5. The van der Waals surface area contributed by atoms with E-state index in [2.05, 4.69) is 30.3 Å². The van der Waals surface area contributed by atoms with Gasteiger partial charge in [0.25, 0.3) is 11.8 Å². The van der Waals surface area contributed by atoms with Crippen LogP contribution in [0.1, 0.15) is 44.5 Å². The zero-order valence-electron chi connectivity index (χ0n) is 34.3. The second-order valence-electron chi connectivity index (χ2n) is 16.5. The van der Waals surface area contributed by atoms with Crippen molar-refractivity contribution < 1.29 is 47.4 Å². The fraction of sp³-hybridized carbons (Fsp3) is 0.429. The Kier molecular flexibility index (Phi) is 16.2. The highest BCUT2D eigenvalue weighted by atomic mass is 32.2. The molecule has 0 fully saturated rings. The number of hydrogen-bond acceptors (Lipinski definition) is 8. The first kappa shape index (κ1) is 46.4. The maximum Gasteiger partial charge on any atom is 0.407 e. The standard InChI is InChI=1S/C42H53F2N5O8SSi/c1-42(2,3)39(34-21-29(31-22-30(43)13-14-32(31)44)24-47(34)23-28-11-8-7-9-12-28)48(18-10-17-45-41(56)57-19-20-59(4,5)6)38(53)27-58-26-33(40(54)55)46-35(50)25-49-36(51)15-16-37(49)52/h7-9,11-16,21-22,24,33,39H,10,17-20,23,25-27H2,1-6H3,(H,45,56)(H,46,50)(H,54,55). The van der Waals surface area contributed by atoms with Gasteiger partial charge in [-0.2, -0.15) is 0 Å². The predicted octanol–water partition coefficient (Wildman–Crippen LogP) is 6.08. The van der Waals surface area contributed by atoms with E-state index in [9.17, 15) is 38.3 Å². The van der Waals surface area contributed by atoms with Gasteiger partial charge >= 0.3 is 12.1 Å². The summed E-state index contributed by atoms with van der Waals surface area (Å²) in [5.74, 6) is -5.67. The number of hydrogen-bond donors (Lipinski definition) is 3. The van der Waals surface area contributed by atoms with Gasteiger partial charge in [0.1, 0.15) is 24.2 Å². The van der Waals surface area contributed by atoms with Crippen molar-refractivity contribution >= 4 is 55.5 Å². The van der Waals surface area contributed by atoms with E-state index in [1.807, 2.05) is 55.7 Å². The monoisotopic (exact) mass is 853 g/mol. The molecule has 1 aliphatic rings. The Bertz CT molecular complexity index is 2010. The summed E-state index contributed by atoms with van der Waals surface area (Å²) in [6, 6.07) is 13.2. The lowest BCUT2D eigenvalue weighted by Gasteiger charge is -2.41. The summed E-state index contributed by atoms with van der Waals surface area (Å²) < 4.78 is 37.0. The Morgan fingerprint density at radius 1 is 0.983 bits per heavy atom. The number of alkyl carbamates (subject to hydrolysis) is 1. The number of nitrogens with zero attached hydrogens (tertiary/aromatic N) is 3. The number of carboxylic acid groups (broad SMARTS) is 1. The van der Waals surface area contributed by atoms with Crippen molar-refractivity contribution in [1.29, 1.82) is 0 Å². The first-order valence-electron chi connectivity index (χ1n) is 19.3. The predicted molar refractivity (Wildman–Crippen MR) is 224 cm³/mol. The van der Waals surface area contributed by atoms with Gasteiger partial charge in [0.05, 0.1) is 18.4 Å². The minimum absolute atomic E-state index is 0.0486. The van der Waals surface area contributed by atoms with Gasteiger partial charge in [-0.1, -0.05) is 70.7 Å². The van der Waals surface area contributed by atoms with Crippen molar-refractivity contribution in [3.63, 3.8) is 0 Å². The summed E-state index contributed by atoms with van der Waals surface area (Å²) >= 11 is 0.972. The number of carboxylic acids is 1. The van der Waals surface area contributed by atoms with E-state index in [0.717, 1.165) is 53.7 Å². The van der Waals surface area contributed by atoms with Gasteiger partial charge in [-0.25, -0.2) is 18.4 Å². The molecule has 4 rings (SSSR count). The molecule has 0 aliphatic carbocycles. The van der Waals surface area contributed by atoms with Crippen molar-refractivity contribution in [2.24, 2.45) is 5.41 Å². The third-order valence-electron chi connectivity index (χ3n) is 9.37. The van der Waals surface area contributed by atoms with Crippen molar-refractivity contribution in [3.8, 4) is 11.1 Å². The van der Waals surface area contributed by atoms with Crippen molar-refractivity contribution in [2.75, 3.05) is 37.7 Å². The molecule has 2 aromatic carbocycles. The summed E-state index contributed by atoms with van der Waals surface area (Å²) in [7, 11) is -1.43. The molecule has 0 saturated heterocycles. The van der Waals surface area contributed by atoms with E-state index < -0.39 is 73.5 Å². The molecule has 1 aliphatic heterocycles. The van der Waals surface area contributed by atoms with Crippen LogP contribution in [0, 0.1) is 17.0 Å². The molecule has 2 unspecified atom stereocenters. The van der Waals surface area contributed by atoms with E-state index in [-0.39, 0.29) is 36.1 Å². The molecule has 5 amide bonds. The second kappa shape index (κ2) is 20.6. The number of amides is 5. The summed E-state index contributed by atoms with van der Waals surface area (Å²) in [5, 5.41) is 15.0. The first-order chi connectivity index (χ1) is 27.7. The molecule has 59 heavy (non-hydrogen) atoms. The van der Waals surface area contributed by atoms with E-state index >= 15 is 4.39 Å². The maximum atomic E-state index is 15.2. The van der Waals surface area contributed by atoms with Gasteiger partial charge in [0, 0.05) is 68.6 Å². The van der Waals surface area contributed by atoms with Crippen LogP contribution in [-0.4, -0.2) is 107 Å². The van der Waals surface area contributed by atoms with Crippen LogP contribution < -0.4 is 10.6 Å². The van der Waals surface area contributed by atoms with Gasteiger partial charge in [0.2, 0.25) is 11.8 Å². The van der Waals surface area contributed by atoms with Crippen LogP contribution in [0.2, 0.25) is 25.7 Å². The van der Waals surface area contributed by atoms with Crippen LogP contribution in [0.15, 0.2) is 72.9 Å². The Hall–Kier alpha value is -5.29. The number of halogens is 2. The molecule has 13 nitrogen and oxygen atoms in total. The highest BCUT2D eigenvalue weighted by molar-refractivity contribution is 8.00. The second-order valence-corrected chi connectivity index (χ2v) is 23.2. The van der Waals surface area contributed by atoms with Crippen LogP contribution >= 0.6 is 11.8 Å². The number of carbonyl (C=O) groups excluding carboxylic acids is 5. The molecule has 0 spiro atoms. The molecule has 17 heteroatoms. The van der Waals surface area contributed by atoms with E-state index in [0.29, 0.717) is 35.7 Å². The molecule has 0 radical (unpaired) electrons. The fourth-order valence-corrected chi connectivity index (χ4v) is 8.08. The molecule has 2 heterocycles. The summed E-state index contributed by atoms with van der Waals surface area (Å²) in [6.45, 7) is 12.7. The van der Waals surface area contributed by atoms with Gasteiger partial charge in [-0.3, -0.25) is 24.1 Å². The van der Waals surface area contributed by atoms with Crippen LogP contribution in [0.5, 0.6) is 0 Å². The van der Waals surface area contributed by atoms with E-state index in [1.54, 1.807) is 17.2 Å². The minimum Gasteiger partial charge on any atom is -0.480 e. The smallest absolute Gasteiger partial charge is 0.407 e. The average Bonchev–Trinajstić information content (AvgIpc) is 3.70. The molecule has 3 aromatic rings. The van der Waals surface area contributed by atoms with E-state index in [1.165, 1.54) is 0 Å². The SMILES string of the molecule is CC(C)(C)C(c1cc(-c2cc(F)ccc2F)cn1Cc1ccccc1)N(CCCNC(=O)OCC[Si](C)(C)C)C(=O)CSCC(NC(=O)CN1C(=O)C=CC1=O)C(=O)O. The average molecular weight is 854 g/mol. The molecule has 0 bridgehead atoms. The third-order valence-corrected chi connectivity index (χ3v) is 12.1. The molecule has 2 atom stereocenters. The lowest BCUT2D eigenvalue weighted by molar-refractivity contribution is -0.143. The topological polar surface area (TPSA) is 167 Å². The molecule has 0 saturated carbocycles. The number of carbonyl (C=O) groups is 6. The zero-order valence-corrected chi connectivity index (χ0v) is 36.1. The van der Waals surface area contributed by atoms with Gasteiger partial charge in [-0.15, -0.1) is 11.8 Å². The van der Waals surface area contributed by atoms with Crippen molar-refractivity contribution in [1.82, 2.24) is 25.0 Å². The number of aliphatic carboxylic acids is 1. The Labute approximate surface area is 348 Å². The fourth-order valence-electron chi connectivity index (χ4n) is 6.44. The third kappa shape index (κ3) is 13.9. The molecular formula is C42H53F2N5O8SSi. The molecule has 1 aromatic heterocycles. The number of imide groups is 1. The lowest BCUT2D eigenvalue weighted by Crippen LogP contribution is -2.48. The number of benzene rings is 2. The minimum atomic E-state index is -1.45. The first-order valence-corrected chi connectivity index (χ1v) is 24.1. The van der Waals surface area contributed by atoms with Gasteiger partial charge < -0.3 is 29.9 Å². The van der Waals surface area contributed by atoms with Gasteiger partial charge in [0.15, 0.2) is 0 Å². The number of nitrogens with one attached hydrogen (secondary N) is 2. The quantitative estimate of drug-likeness (QED) is 0.0694. The molecular weight excluding hydrogens is 801 g/mol.